The zero-order valence-corrected chi connectivity index (χ0v) is 17.8. The molecule has 0 aliphatic heterocycles. The number of H-pyrrole nitrogens is 1. The Bertz CT molecular complexity index is 1120. The Morgan fingerprint density at radius 3 is 2.48 bits per heavy atom. The van der Waals surface area contributed by atoms with Crippen LogP contribution in [0, 0.1) is 6.92 Å². The number of esters is 1. The Labute approximate surface area is 174 Å². The molecule has 0 saturated carbocycles. The lowest BCUT2D eigenvalue weighted by molar-refractivity contribution is 0.00696. The molecule has 0 saturated heterocycles. The molecule has 2 N–H and O–H groups in total. The van der Waals surface area contributed by atoms with Crippen LogP contribution < -0.4 is 10.9 Å². The van der Waals surface area contributed by atoms with E-state index in [-0.39, 0.29) is 17.6 Å². The molecule has 1 heterocycles. The molecule has 3 rings (SSSR count). The summed E-state index contributed by atoms with van der Waals surface area (Å²) in [6.45, 7) is 9.17. The first-order valence-electron chi connectivity index (χ1n) is 9.33. The summed E-state index contributed by atoms with van der Waals surface area (Å²) in [5, 5.41) is 4.36. The summed E-state index contributed by atoms with van der Waals surface area (Å²) in [6, 6.07) is 10.3. The third-order valence-corrected chi connectivity index (χ3v) is 4.64. The van der Waals surface area contributed by atoms with Gasteiger partial charge in [0.25, 0.3) is 5.56 Å². The molecule has 0 fully saturated rings. The first kappa shape index (κ1) is 20.9. The van der Waals surface area contributed by atoms with Crippen molar-refractivity contribution in [1.82, 2.24) is 9.97 Å². The van der Waals surface area contributed by atoms with Gasteiger partial charge in [0.1, 0.15) is 11.4 Å². The van der Waals surface area contributed by atoms with E-state index in [1.165, 1.54) is 0 Å². The molecule has 29 heavy (non-hydrogen) atoms. The number of rotatable bonds is 4. The summed E-state index contributed by atoms with van der Waals surface area (Å²) in [7, 11) is 0. The topological polar surface area (TPSA) is 84.1 Å². The lowest BCUT2D eigenvalue weighted by atomic mass is 10.0. The molecule has 0 spiro atoms. The van der Waals surface area contributed by atoms with E-state index in [0.717, 1.165) is 11.3 Å². The molecule has 6 nitrogen and oxygen atoms in total. The summed E-state index contributed by atoms with van der Waals surface area (Å²) in [5.41, 5.74) is 1.91. The summed E-state index contributed by atoms with van der Waals surface area (Å²) in [5.74, 6) is 0.180. The van der Waals surface area contributed by atoms with Gasteiger partial charge in [0, 0.05) is 10.7 Å². The van der Waals surface area contributed by atoms with Crippen LogP contribution in [0.3, 0.4) is 0 Å². The number of aryl methyl sites for hydroxylation is 1. The lowest BCUT2D eigenvalue weighted by Gasteiger charge is -2.20. The average Bonchev–Trinajstić information content (AvgIpc) is 2.60. The van der Waals surface area contributed by atoms with E-state index in [1.54, 1.807) is 31.2 Å². The second-order valence-electron chi connectivity index (χ2n) is 7.99. The van der Waals surface area contributed by atoms with Crippen molar-refractivity contribution in [2.24, 2.45) is 0 Å². The van der Waals surface area contributed by atoms with Gasteiger partial charge in [0.05, 0.1) is 22.5 Å². The van der Waals surface area contributed by atoms with E-state index < -0.39 is 5.60 Å². The minimum absolute atomic E-state index is 0.167. The summed E-state index contributed by atoms with van der Waals surface area (Å²) in [4.78, 5) is 31.4. The van der Waals surface area contributed by atoms with Crippen LogP contribution in [0.4, 0.5) is 5.69 Å². The molecule has 7 heteroatoms. The Balaban J connectivity index is 1.81. The number of carbonyl (C=O) groups excluding carboxylic acids is 1. The van der Waals surface area contributed by atoms with E-state index in [9.17, 15) is 9.59 Å². The fourth-order valence-corrected chi connectivity index (χ4v) is 3.31. The number of hydrogen-bond acceptors (Lipinski definition) is 5. The SMILES string of the molecule is Cc1nc2cc(Cl)c([C@@H](C)Nc3ccc(C(=O)OC(C)(C)C)cc3)cc2c(=O)[nH]1. The molecule has 0 amide bonds. The number of nitrogens with one attached hydrogen (secondary N) is 2. The van der Waals surface area contributed by atoms with E-state index in [2.05, 4.69) is 15.3 Å². The molecular formula is C22H24ClN3O3. The maximum absolute atomic E-state index is 12.2. The quantitative estimate of drug-likeness (QED) is 0.587. The highest BCUT2D eigenvalue weighted by atomic mass is 35.5. The number of fused-ring (bicyclic) bond motifs is 1. The fraction of sp³-hybridized carbons (Fsp3) is 0.318. The minimum atomic E-state index is -0.541. The number of ether oxygens (including phenoxy) is 1. The van der Waals surface area contributed by atoms with Crippen molar-refractivity contribution in [3.63, 3.8) is 0 Å². The third kappa shape index (κ3) is 4.95. The van der Waals surface area contributed by atoms with Gasteiger partial charge >= 0.3 is 5.97 Å². The predicted molar refractivity (Wildman–Crippen MR) is 116 cm³/mol. The standard InChI is InChI=1S/C22H24ClN3O3/c1-12(16-10-17-19(11-18(16)23)25-13(2)26-20(17)27)24-15-8-6-14(7-9-15)21(28)29-22(3,4)5/h6-12,24H,1-5H3,(H,25,26,27)/t12-/m1/s1. The van der Waals surface area contributed by atoms with Crippen LogP contribution in [0.1, 0.15) is 55.5 Å². The predicted octanol–water partition coefficient (Wildman–Crippen LogP) is 5.01. The van der Waals surface area contributed by atoms with Crippen LogP contribution in [0.25, 0.3) is 10.9 Å². The Morgan fingerprint density at radius 2 is 1.86 bits per heavy atom. The largest absolute Gasteiger partial charge is 0.456 e. The summed E-state index contributed by atoms with van der Waals surface area (Å²) >= 11 is 6.44. The van der Waals surface area contributed by atoms with Crippen LogP contribution in [0.2, 0.25) is 5.02 Å². The van der Waals surface area contributed by atoms with Crippen LogP contribution >= 0.6 is 11.6 Å². The maximum Gasteiger partial charge on any atom is 0.338 e. The minimum Gasteiger partial charge on any atom is -0.456 e. The average molecular weight is 414 g/mol. The molecule has 0 aliphatic rings. The molecule has 152 valence electrons. The zero-order valence-electron chi connectivity index (χ0n) is 17.1. The Morgan fingerprint density at radius 1 is 1.21 bits per heavy atom. The molecule has 0 radical (unpaired) electrons. The Kier molecular flexibility index (Phi) is 5.66. The number of carbonyl (C=O) groups is 1. The number of benzene rings is 2. The molecule has 1 atom stereocenters. The van der Waals surface area contributed by atoms with Crippen molar-refractivity contribution in [1.29, 1.82) is 0 Å². The summed E-state index contributed by atoms with van der Waals surface area (Å²) in [6.07, 6.45) is 0. The van der Waals surface area contributed by atoms with Gasteiger partial charge < -0.3 is 15.0 Å². The van der Waals surface area contributed by atoms with Crippen molar-refractivity contribution in [3.05, 3.63) is 68.7 Å². The van der Waals surface area contributed by atoms with E-state index in [0.29, 0.717) is 27.3 Å². The smallest absolute Gasteiger partial charge is 0.338 e. The summed E-state index contributed by atoms with van der Waals surface area (Å²) < 4.78 is 5.37. The van der Waals surface area contributed by atoms with Gasteiger partial charge in [0.15, 0.2) is 0 Å². The molecule has 1 aromatic heterocycles. The van der Waals surface area contributed by atoms with E-state index >= 15 is 0 Å². The van der Waals surface area contributed by atoms with Gasteiger partial charge in [-0.2, -0.15) is 0 Å². The normalized spacial score (nSPS) is 12.6. The molecular weight excluding hydrogens is 390 g/mol. The monoisotopic (exact) mass is 413 g/mol. The van der Waals surface area contributed by atoms with Crippen LogP contribution in [0.15, 0.2) is 41.2 Å². The number of aromatic amines is 1. The molecule has 2 aromatic carbocycles. The van der Waals surface area contributed by atoms with E-state index in [1.807, 2.05) is 39.8 Å². The molecule has 0 aliphatic carbocycles. The highest BCUT2D eigenvalue weighted by Crippen LogP contribution is 2.29. The third-order valence-electron chi connectivity index (χ3n) is 4.31. The number of anilines is 1. The van der Waals surface area contributed by atoms with Gasteiger partial charge in [-0.05, 0) is 76.6 Å². The van der Waals surface area contributed by atoms with Crippen LogP contribution in [-0.4, -0.2) is 21.5 Å². The van der Waals surface area contributed by atoms with Gasteiger partial charge in [0.2, 0.25) is 0 Å². The van der Waals surface area contributed by atoms with Crippen molar-refractivity contribution >= 4 is 34.2 Å². The van der Waals surface area contributed by atoms with Crippen molar-refractivity contribution in [3.8, 4) is 0 Å². The molecule has 3 aromatic rings. The van der Waals surface area contributed by atoms with Gasteiger partial charge in [-0.25, -0.2) is 9.78 Å². The first-order valence-corrected chi connectivity index (χ1v) is 9.71. The fourth-order valence-electron chi connectivity index (χ4n) is 2.99. The van der Waals surface area contributed by atoms with Crippen LogP contribution in [-0.2, 0) is 4.74 Å². The Hall–Kier alpha value is -2.86. The van der Waals surface area contributed by atoms with E-state index in [4.69, 9.17) is 16.3 Å². The number of halogens is 1. The lowest BCUT2D eigenvalue weighted by Crippen LogP contribution is -2.23. The second kappa shape index (κ2) is 7.87. The zero-order chi connectivity index (χ0) is 21.3. The van der Waals surface area contributed by atoms with Crippen molar-refractivity contribution < 1.29 is 9.53 Å². The highest BCUT2D eigenvalue weighted by Gasteiger charge is 2.18. The van der Waals surface area contributed by atoms with Gasteiger partial charge in [-0.1, -0.05) is 11.6 Å². The number of aromatic nitrogens is 2. The second-order valence-corrected chi connectivity index (χ2v) is 8.39. The number of hydrogen-bond donors (Lipinski definition) is 2. The van der Waals surface area contributed by atoms with Crippen molar-refractivity contribution in [2.45, 2.75) is 46.3 Å². The van der Waals surface area contributed by atoms with Gasteiger partial charge in [-0.15, -0.1) is 0 Å². The number of nitrogens with zero attached hydrogens (tertiary/aromatic N) is 1. The van der Waals surface area contributed by atoms with Crippen molar-refractivity contribution in [2.75, 3.05) is 5.32 Å². The molecule has 0 bridgehead atoms. The maximum atomic E-state index is 12.2. The first-order chi connectivity index (χ1) is 13.5. The van der Waals surface area contributed by atoms with Gasteiger partial charge in [-0.3, -0.25) is 4.79 Å². The van der Waals surface area contributed by atoms with Crippen LogP contribution in [0.5, 0.6) is 0 Å². The molecule has 0 unspecified atom stereocenters. The highest BCUT2D eigenvalue weighted by molar-refractivity contribution is 6.32.